The summed E-state index contributed by atoms with van der Waals surface area (Å²) in [6.07, 6.45) is 84.1. The Hall–Kier alpha value is -1.91. The number of hydrogen-bond donors (Lipinski definition) is 3. The minimum Gasteiger partial charge on any atom is -0.394 e. The van der Waals surface area contributed by atoms with Crippen molar-refractivity contribution in [2.24, 2.45) is 0 Å². The van der Waals surface area contributed by atoms with E-state index in [1.54, 1.807) is 6.08 Å². The number of amides is 1. The van der Waals surface area contributed by atoms with Crippen LogP contribution >= 0.6 is 0 Å². The van der Waals surface area contributed by atoms with Gasteiger partial charge in [0.05, 0.1) is 18.8 Å². The van der Waals surface area contributed by atoms with Gasteiger partial charge in [-0.25, -0.2) is 0 Å². The standard InChI is InChI=1S/C64H119NO3/c1-3-5-7-9-11-13-15-17-19-21-22-23-24-25-26-27-28-29-30-31-32-33-34-35-36-37-38-39-40-41-42-44-46-48-50-52-54-56-58-60-64(68)65-62(61-66)63(67)59-57-55-53-51-49-47-45-43-20-18-16-14-12-10-8-6-4-2/h15,17,21-22,24-25,49,51,57,59,62-63,66-67H,3-14,16,18-20,23,26-48,50,52-56,58,60-61H2,1-2H3,(H,65,68)/b17-15-,22-21-,25-24-,51-49+,59-57+. The van der Waals surface area contributed by atoms with Crippen LogP contribution in [-0.2, 0) is 4.79 Å². The SMILES string of the molecule is CCCCCCC/C=C\C/C=C\C/C=C\CCCCCCCCCCCCCCCCCCCCCCCCCCC(=O)NC(CO)C(O)/C=C/CC/C=C/CCCCCCCCCCCCC. The van der Waals surface area contributed by atoms with Crippen LogP contribution in [-0.4, -0.2) is 34.9 Å². The molecule has 0 aromatic heterocycles. The first-order valence-corrected chi connectivity index (χ1v) is 30.5. The van der Waals surface area contributed by atoms with E-state index in [1.165, 1.54) is 257 Å². The highest BCUT2D eigenvalue weighted by molar-refractivity contribution is 5.76. The molecule has 0 aliphatic carbocycles. The molecule has 0 heterocycles. The molecule has 0 bridgehead atoms. The van der Waals surface area contributed by atoms with Crippen LogP contribution in [0.2, 0.25) is 0 Å². The van der Waals surface area contributed by atoms with Gasteiger partial charge in [-0.05, 0) is 70.6 Å². The third-order valence-corrected chi connectivity index (χ3v) is 14.0. The lowest BCUT2D eigenvalue weighted by Gasteiger charge is -2.19. The summed E-state index contributed by atoms with van der Waals surface area (Å²) >= 11 is 0. The Morgan fingerprint density at radius 3 is 0.956 bits per heavy atom. The second-order valence-electron chi connectivity index (χ2n) is 20.8. The molecule has 0 saturated carbocycles. The molecule has 0 radical (unpaired) electrons. The van der Waals surface area contributed by atoms with Crippen LogP contribution in [0, 0.1) is 0 Å². The van der Waals surface area contributed by atoms with Crippen molar-refractivity contribution in [3.8, 4) is 0 Å². The Balaban J connectivity index is 3.43. The molecule has 3 N–H and O–H groups in total. The van der Waals surface area contributed by atoms with E-state index in [2.05, 4.69) is 67.8 Å². The molecular formula is C64H119NO3. The van der Waals surface area contributed by atoms with E-state index in [0.717, 1.165) is 44.9 Å². The molecule has 398 valence electrons. The van der Waals surface area contributed by atoms with E-state index in [1.807, 2.05) is 6.08 Å². The predicted molar refractivity (Wildman–Crippen MR) is 304 cm³/mol. The summed E-state index contributed by atoms with van der Waals surface area (Å²) in [5, 5.41) is 23.1. The van der Waals surface area contributed by atoms with Gasteiger partial charge in [0.2, 0.25) is 5.91 Å². The van der Waals surface area contributed by atoms with Crippen LogP contribution in [0.5, 0.6) is 0 Å². The fourth-order valence-corrected chi connectivity index (χ4v) is 9.32. The van der Waals surface area contributed by atoms with Gasteiger partial charge >= 0.3 is 0 Å². The largest absolute Gasteiger partial charge is 0.394 e. The van der Waals surface area contributed by atoms with Crippen molar-refractivity contribution >= 4 is 5.91 Å². The highest BCUT2D eigenvalue weighted by Gasteiger charge is 2.18. The van der Waals surface area contributed by atoms with E-state index in [9.17, 15) is 15.0 Å². The number of rotatable bonds is 56. The monoisotopic (exact) mass is 950 g/mol. The van der Waals surface area contributed by atoms with Crippen molar-refractivity contribution in [2.75, 3.05) is 6.61 Å². The molecule has 4 heteroatoms. The molecule has 0 aromatic carbocycles. The van der Waals surface area contributed by atoms with Gasteiger partial charge in [0, 0.05) is 6.42 Å². The highest BCUT2D eigenvalue weighted by Crippen LogP contribution is 2.17. The predicted octanol–water partition coefficient (Wildman–Crippen LogP) is 20.4. The number of aliphatic hydroxyl groups is 2. The van der Waals surface area contributed by atoms with Crippen LogP contribution in [0.1, 0.15) is 322 Å². The Bertz CT molecular complexity index is 1120. The van der Waals surface area contributed by atoms with Gasteiger partial charge in [0.25, 0.3) is 0 Å². The van der Waals surface area contributed by atoms with Crippen molar-refractivity contribution in [1.29, 1.82) is 0 Å². The summed E-state index contributed by atoms with van der Waals surface area (Å²) in [4.78, 5) is 12.5. The van der Waals surface area contributed by atoms with Crippen molar-refractivity contribution in [3.05, 3.63) is 60.8 Å². The lowest BCUT2D eigenvalue weighted by Crippen LogP contribution is -2.45. The molecule has 2 unspecified atom stereocenters. The Morgan fingerprint density at radius 1 is 0.353 bits per heavy atom. The molecule has 0 aliphatic rings. The summed E-state index contributed by atoms with van der Waals surface area (Å²) in [5.41, 5.74) is 0. The summed E-state index contributed by atoms with van der Waals surface area (Å²) in [6, 6.07) is -0.639. The maximum atomic E-state index is 12.5. The van der Waals surface area contributed by atoms with Crippen molar-refractivity contribution in [2.45, 2.75) is 334 Å². The Morgan fingerprint density at radius 2 is 0.618 bits per heavy atom. The molecule has 4 nitrogen and oxygen atoms in total. The number of aliphatic hydroxyl groups excluding tert-OH is 2. The lowest BCUT2D eigenvalue weighted by atomic mass is 10.0. The number of hydrogen-bond acceptors (Lipinski definition) is 3. The average Bonchev–Trinajstić information content (AvgIpc) is 3.34. The molecule has 1 amide bonds. The Labute approximate surface area is 426 Å². The minimum atomic E-state index is -0.862. The maximum absolute atomic E-state index is 12.5. The van der Waals surface area contributed by atoms with Crippen molar-refractivity contribution < 1.29 is 15.0 Å². The van der Waals surface area contributed by atoms with Crippen molar-refractivity contribution in [3.63, 3.8) is 0 Å². The van der Waals surface area contributed by atoms with Crippen LogP contribution in [0.3, 0.4) is 0 Å². The topological polar surface area (TPSA) is 69.6 Å². The summed E-state index contributed by atoms with van der Waals surface area (Å²) in [7, 11) is 0. The summed E-state index contributed by atoms with van der Waals surface area (Å²) in [5.74, 6) is -0.0694. The van der Waals surface area contributed by atoms with Gasteiger partial charge in [0.15, 0.2) is 0 Å². The van der Waals surface area contributed by atoms with E-state index >= 15 is 0 Å². The maximum Gasteiger partial charge on any atom is 0.220 e. The zero-order valence-corrected chi connectivity index (χ0v) is 45.9. The van der Waals surface area contributed by atoms with Gasteiger partial charge in [-0.1, -0.05) is 306 Å². The second-order valence-corrected chi connectivity index (χ2v) is 20.8. The quantitative estimate of drug-likeness (QED) is 0.0420. The molecular weight excluding hydrogens is 831 g/mol. The molecule has 0 aliphatic heterocycles. The Kier molecular flexibility index (Phi) is 57.7. The molecule has 68 heavy (non-hydrogen) atoms. The normalized spacial score (nSPS) is 13.2. The number of unbranched alkanes of at least 4 members (excludes halogenated alkanes) is 41. The minimum absolute atomic E-state index is 0.0694. The summed E-state index contributed by atoms with van der Waals surface area (Å²) in [6.45, 7) is 4.30. The fraction of sp³-hybridized carbons (Fsp3) is 0.828. The van der Waals surface area contributed by atoms with Gasteiger partial charge in [-0.2, -0.15) is 0 Å². The third-order valence-electron chi connectivity index (χ3n) is 14.0. The van der Waals surface area contributed by atoms with Gasteiger partial charge in [-0.15, -0.1) is 0 Å². The van der Waals surface area contributed by atoms with Gasteiger partial charge in [-0.3, -0.25) is 4.79 Å². The first-order chi connectivity index (χ1) is 33.7. The smallest absolute Gasteiger partial charge is 0.220 e. The van der Waals surface area contributed by atoms with Crippen LogP contribution in [0.15, 0.2) is 60.8 Å². The van der Waals surface area contributed by atoms with E-state index in [-0.39, 0.29) is 12.5 Å². The van der Waals surface area contributed by atoms with Crippen LogP contribution in [0.4, 0.5) is 0 Å². The van der Waals surface area contributed by atoms with E-state index in [4.69, 9.17) is 0 Å². The summed E-state index contributed by atoms with van der Waals surface area (Å²) < 4.78 is 0. The lowest BCUT2D eigenvalue weighted by molar-refractivity contribution is -0.123. The number of nitrogens with one attached hydrogen (secondary N) is 1. The fourth-order valence-electron chi connectivity index (χ4n) is 9.32. The third kappa shape index (κ3) is 55.0. The van der Waals surface area contributed by atoms with Crippen molar-refractivity contribution in [1.82, 2.24) is 5.32 Å². The average molecular weight is 951 g/mol. The zero-order chi connectivity index (χ0) is 49.2. The van der Waals surface area contributed by atoms with E-state index in [0.29, 0.717) is 6.42 Å². The number of carbonyl (C=O) groups excluding carboxylic acids is 1. The molecule has 0 rings (SSSR count). The second kappa shape index (κ2) is 59.4. The molecule has 0 spiro atoms. The zero-order valence-electron chi connectivity index (χ0n) is 45.9. The number of allylic oxidation sites excluding steroid dienone is 9. The highest BCUT2D eigenvalue weighted by atomic mass is 16.3. The van der Waals surface area contributed by atoms with Crippen LogP contribution < -0.4 is 5.32 Å². The molecule has 2 atom stereocenters. The van der Waals surface area contributed by atoms with Gasteiger partial charge in [0.1, 0.15) is 0 Å². The molecule has 0 saturated heterocycles. The van der Waals surface area contributed by atoms with E-state index < -0.39 is 12.1 Å². The molecule has 0 fully saturated rings. The first kappa shape index (κ1) is 66.1. The number of carbonyl (C=O) groups is 1. The van der Waals surface area contributed by atoms with Crippen LogP contribution in [0.25, 0.3) is 0 Å². The molecule has 0 aromatic rings. The first-order valence-electron chi connectivity index (χ1n) is 30.5. The van der Waals surface area contributed by atoms with Gasteiger partial charge < -0.3 is 15.5 Å².